The molecule has 2 aromatic rings. The number of nitrogens with zero attached hydrogens (tertiary/aromatic N) is 2. The summed E-state index contributed by atoms with van der Waals surface area (Å²) < 4.78 is 1.59. The molecule has 72 valence electrons. The summed E-state index contributed by atoms with van der Waals surface area (Å²) in [7, 11) is 0. The third-order valence-corrected chi connectivity index (χ3v) is 1.84. The molecule has 0 aliphatic rings. The Kier molecular flexibility index (Phi) is 1.85. The van der Waals surface area contributed by atoms with Crippen LogP contribution in [-0.4, -0.2) is 25.6 Å². The van der Waals surface area contributed by atoms with Gasteiger partial charge in [-0.05, 0) is 12.1 Å². The van der Waals surface area contributed by atoms with Gasteiger partial charge in [-0.3, -0.25) is 4.79 Å². The summed E-state index contributed by atoms with van der Waals surface area (Å²) in [6, 6.07) is 3.17. The first kappa shape index (κ1) is 8.55. The lowest BCUT2D eigenvalue weighted by Crippen LogP contribution is -1.99. The number of carboxylic acid groups (broad SMARTS) is 1. The van der Waals surface area contributed by atoms with Crippen LogP contribution in [0.2, 0.25) is 0 Å². The van der Waals surface area contributed by atoms with E-state index in [1.807, 2.05) is 0 Å². The molecule has 2 N–H and O–H groups in total. The van der Waals surface area contributed by atoms with Gasteiger partial charge in [0.1, 0.15) is 0 Å². The number of aliphatic carboxylic acids is 1. The molecule has 14 heavy (non-hydrogen) atoms. The third kappa shape index (κ3) is 1.39. The zero-order chi connectivity index (χ0) is 10.1. The summed E-state index contributed by atoms with van der Waals surface area (Å²) in [5, 5.41) is 17.9. The molecule has 2 aromatic heterocycles. The lowest BCUT2D eigenvalue weighted by atomic mass is 10.3. The van der Waals surface area contributed by atoms with Gasteiger partial charge >= 0.3 is 5.97 Å². The predicted octanol–water partition coefficient (Wildman–Crippen LogP) is 0.667. The molecule has 0 spiro atoms. The van der Waals surface area contributed by atoms with Crippen molar-refractivity contribution in [2.45, 2.75) is 6.42 Å². The van der Waals surface area contributed by atoms with Crippen molar-refractivity contribution in [3.05, 3.63) is 30.2 Å². The Bertz CT molecular complexity index is 490. The summed E-state index contributed by atoms with van der Waals surface area (Å²) in [6.07, 6.45) is 3.15. The third-order valence-electron chi connectivity index (χ3n) is 1.84. The van der Waals surface area contributed by atoms with Gasteiger partial charge in [-0.2, -0.15) is 0 Å². The predicted molar refractivity (Wildman–Crippen MR) is 48.2 cm³/mol. The van der Waals surface area contributed by atoms with Crippen LogP contribution in [0, 0.1) is 0 Å². The van der Waals surface area contributed by atoms with Crippen molar-refractivity contribution in [1.29, 1.82) is 0 Å². The minimum absolute atomic E-state index is 0.0455. The molecule has 5 nitrogen and oxygen atoms in total. The van der Waals surface area contributed by atoms with Crippen LogP contribution in [0.5, 0.6) is 5.75 Å². The van der Waals surface area contributed by atoms with Crippen molar-refractivity contribution in [1.82, 2.24) is 9.38 Å². The average Bonchev–Trinajstić information content (AvgIpc) is 2.47. The fraction of sp³-hybridized carbons (Fsp3) is 0.111. The van der Waals surface area contributed by atoms with Gasteiger partial charge in [-0.15, -0.1) is 0 Å². The highest BCUT2D eigenvalue weighted by Crippen LogP contribution is 2.16. The fourth-order valence-corrected chi connectivity index (χ4v) is 1.29. The second-order valence-corrected chi connectivity index (χ2v) is 2.93. The number of carbonyl (C=O) groups is 1. The summed E-state index contributed by atoms with van der Waals surface area (Å²) in [5.74, 6) is -0.892. The number of rotatable bonds is 2. The molecule has 2 heterocycles. The molecule has 0 bridgehead atoms. The Morgan fingerprint density at radius 2 is 2.36 bits per heavy atom. The van der Waals surface area contributed by atoms with Gasteiger partial charge in [-0.1, -0.05) is 0 Å². The van der Waals surface area contributed by atoms with Crippen molar-refractivity contribution < 1.29 is 15.0 Å². The van der Waals surface area contributed by atoms with Gasteiger partial charge in [0.05, 0.1) is 12.1 Å². The van der Waals surface area contributed by atoms with Crippen LogP contribution < -0.4 is 0 Å². The first-order chi connectivity index (χ1) is 6.66. The van der Waals surface area contributed by atoms with Crippen molar-refractivity contribution in [2.75, 3.05) is 0 Å². The Morgan fingerprint density at radius 3 is 3.00 bits per heavy atom. The molecule has 0 fully saturated rings. The van der Waals surface area contributed by atoms with Crippen LogP contribution in [0.25, 0.3) is 5.65 Å². The molecular weight excluding hydrogens is 184 g/mol. The number of fused-ring (bicyclic) bond motifs is 1. The highest BCUT2D eigenvalue weighted by atomic mass is 16.4. The van der Waals surface area contributed by atoms with Gasteiger partial charge in [0.15, 0.2) is 11.4 Å². The highest BCUT2D eigenvalue weighted by molar-refractivity contribution is 5.70. The Balaban J connectivity index is 2.51. The normalized spacial score (nSPS) is 10.6. The molecule has 0 aliphatic carbocycles. The van der Waals surface area contributed by atoms with Crippen molar-refractivity contribution in [2.24, 2.45) is 0 Å². The first-order valence-corrected chi connectivity index (χ1v) is 4.04. The van der Waals surface area contributed by atoms with Crippen molar-refractivity contribution in [3.8, 4) is 5.75 Å². The second kappa shape index (κ2) is 3.02. The van der Waals surface area contributed by atoms with Gasteiger partial charge in [0, 0.05) is 12.4 Å². The monoisotopic (exact) mass is 192 g/mol. The number of aromatic nitrogens is 2. The molecule has 0 saturated heterocycles. The van der Waals surface area contributed by atoms with Gasteiger partial charge < -0.3 is 14.6 Å². The summed E-state index contributed by atoms with van der Waals surface area (Å²) in [6.45, 7) is 0. The Hall–Kier alpha value is -2.04. The molecule has 0 radical (unpaired) electrons. The standard InChI is InChI=1S/C9H8N2O3/c12-7-2-1-3-11-5-6(4-8(13)14)10-9(7)11/h1-3,5,12H,4H2,(H,13,14). The number of aromatic hydroxyl groups is 1. The van der Waals surface area contributed by atoms with E-state index >= 15 is 0 Å². The summed E-state index contributed by atoms with van der Waals surface area (Å²) in [4.78, 5) is 14.4. The van der Waals surface area contributed by atoms with E-state index in [1.54, 1.807) is 22.9 Å². The molecule has 2 rings (SSSR count). The van der Waals surface area contributed by atoms with Crippen LogP contribution in [0.3, 0.4) is 0 Å². The van der Waals surface area contributed by atoms with E-state index < -0.39 is 5.97 Å². The zero-order valence-corrected chi connectivity index (χ0v) is 7.21. The molecule has 0 atom stereocenters. The fourth-order valence-electron chi connectivity index (χ4n) is 1.29. The van der Waals surface area contributed by atoms with Crippen LogP contribution in [0.4, 0.5) is 0 Å². The summed E-state index contributed by atoms with van der Waals surface area (Å²) >= 11 is 0. The minimum Gasteiger partial charge on any atom is -0.504 e. The first-order valence-electron chi connectivity index (χ1n) is 4.04. The second-order valence-electron chi connectivity index (χ2n) is 2.93. The molecular formula is C9H8N2O3. The van der Waals surface area contributed by atoms with Gasteiger partial charge in [0.2, 0.25) is 0 Å². The Morgan fingerprint density at radius 1 is 1.57 bits per heavy atom. The lowest BCUT2D eigenvalue weighted by Gasteiger charge is -1.92. The molecule has 0 aliphatic heterocycles. The smallest absolute Gasteiger partial charge is 0.309 e. The average molecular weight is 192 g/mol. The number of pyridine rings is 1. The van der Waals surface area contributed by atoms with E-state index in [2.05, 4.69) is 4.98 Å². The molecule has 0 unspecified atom stereocenters. The van der Waals surface area contributed by atoms with Crippen LogP contribution in [-0.2, 0) is 11.2 Å². The SMILES string of the molecule is O=C(O)Cc1cn2cccc(O)c2n1. The molecule has 0 amide bonds. The lowest BCUT2D eigenvalue weighted by molar-refractivity contribution is -0.136. The summed E-state index contributed by atoms with van der Waals surface area (Å²) in [5.41, 5.74) is 0.808. The van der Waals surface area contributed by atoms with Gasteiger partial charge in [0.25, 0.3) is 0 Å². The van der Waals surface area contributed by atoms with Crippen LogP contribution in [0.1, 0.15) is 5.69 Å². The highest BCUT2D eigenvalue weighted by Gasteiger charge is 2.07. The van der Waals surface area contributed by atoms with E-state index in [-0.39, 0.29) is 12.2 Å². The van der Waals surface area contributed by atoms with E-state index in [9.17, 15) is 9.90 Å². The maximum Gasteiger partial charge on any atom is 0.309 e. The number of hydrogen-bond acceptors (Lipinski definition) is 3. The van der Waals surface area contributed by atoms with E-state index in [4.69, 9.17) is 5.11 Å². The molecule has 0 aromatic carbocycles. The van der Waals surface area contributed by atoms with Gasteiger partial charge in [-0.25, -0.2) is 4.98 Å². The molecule has 5 heteroatoms. The zero-order valence-electron chi connectivity index (χ0n) is 7.21. The number of hydrogen-bond donors (Lipinski definition) is 2. The van der Waals surface area contributed by atoms with E-state index in [0.717, 1.165) is 0 Å². The number of carboxylic acids is 1. The number of imidazole rings is 1. The van der Waals surface area contributed by atoms with Crippen LogP contribution >= 0.6 is 0 Å². The van der Waals surface area contributed by atoms with E-state index in [1.165, 1.54) is 6.07 Å². The molecule has 0 saturated carbocycles. The Labute approximate surface area is 79.2 Å². The van der Waals surface area contributed by atoms with Crippen molar-refractivity contribution >= 4 is 11.6 Å². The maximum atomic E-state index is 10.4. The topological polar surface area (TPSA) is 74.8 Å². The quantitative estimate of drug-likeness (QED) is 0.733. The largest absolute Gasteiger partial charge is 0.504 e. The van der Waals surface area contributed by atoms with Crippen molar-refractivity contribution in [3.63, 3.8) is 0 Å². The van der Waals surface area contributed by atoms with Crippen LogP contribution in [0.15, 0.2) is 24.5 Å². The maximum absolute atomic E-state index is 10.4. The van der Waals surface area contributed by atoms with E-state index in [0.29, 0.717) is 11.3 Å². The minimum atomic E-state index is -0.937.